The van der Waals surface area contributed by atoms with Gasteiger partial charge in [0.25, 0.3) is 0 Å². The van der Waals surface area contributed by atoms with E-state index in [9.17, 15) is 0 Å². The van der Waals surface area contributed by atoms with Gasteiger partial charge in [-0.05, 0) is 50.9 Å². The summed E-state index contributed by atoms with van der Waals surface area (Å²) in [5.74, 6) is 3.89. The highest BCUT2D eigenvalue weighted by Gasteiger charge is 2.42. The van der Waals surface area contributed by atoms with Crippen LogP contribution in [0.25, 0.3) is 0 Å². The van der Waals surface area contributed by atoms with Gasteiger partial charge in [-0.15, -0.1) is 0 Å². The number of nitrogens with zero attached hydrogens (tertiary/aromatic N) is 2. The zero-order valence-corrected chi connectivity index (χ0v) is 11.1. The quantitative estimate of drug-likeness (QED) is 0.868. The first-order valence-electron chi connectivity index (χ1n) is 6.92. The third-order valence-corrected chi connectivity index (χ3v) is 4.93. The number of hydrogen-bond donors (Lipinski definition) is 1. The van der Waals surface area contributed by atoms with E-state index in [-0.39, 0.29) is 0 Å². The zero-order valence-electron chi connectivity index (χ0n) is 11.1. The third-order valence-electron chi connectivity index (χ3n) is 4.93. The lowest BCUT2D eigenvalue weighted by atomic mass is 9.84. The monoisotopic (exact) mass is 233 g/mol. The third kappa shape index (κ3) is 1.76. The SMILES string of the molecule is CNc1nc(C)cn1C(C)C1CC2CCC1C2. The first kappa shape index (κ1) is 11.1. The minimum Gasteiger partial charge on any atom is -0.359 e. The van der Waals surface area contributed by atoms with Crippen LogP contribution in [0.4, 0.5) is 5.95 Å². The van der Waals surface area contributed by atoms with Gasteiger partial charge in [0.05, 0.1) is 5.69 Å². The average molecular weight is 233 g/mol. The standard InChI is InChI=1S/C14H23N3/c1-9-8-17(14(15-3)16-9)10(2)13-7-11-4-5-12(13)6-11/h8,10-13H,4-7H2,1-3H3,(H,15,16). The molecule has 4 unspecified atom stereocenters. The van der Waals surface area contributed by atoms with Gasteiger partial charge < -0.3 is 9.88 Å². The van der Waals surface area contributed by atoms with E-state index >= 15 is 0 Å². The molecule has 0 radical (unpaired) electrons. The molecule has 2 bridgehead atoms. The molecule has 17 heavy (non-hydrogen) atoms. The lowest BCUT2D eigenvalue weighted by Crippen LogP contribution is -2.22. The van der Waals surface area contributed by atoms with Crippen LogP contribution in [0.15, 0.2) is 6.20 Å². The molecule has 3 nitrogen and oxygen atoms in total. The minimum absolute atomic E-state index is 0.592. The molecule has 2 fully saturated rings. The van der Waals surface area contributed by atoms with E-state index in [1.54, 1.807) is 0 Å². The number of hydrogen-bond acceptors (Lipinski definition) is 2. The highest BCUT2D eigenvalue weighted by atomic mass is 15.2. The number of fused-ring (bicyclic) bond motifs is 2. The summed E-state index contributed by atoms with van der Waals surface area (Å²) in [7, 11) is 1.96. The predicted molar refractivity (Wildman–Crippen MR) is 70.2 cm³/mol. The summed E-state index contributed by atoms with van der Waals surface area (Å²) in [5.41, 5.74) is 1.12. The molecule has 1 aromatic heterocycles. The maximum atomic E-state index is 4.54. The Balaban J connectivity index is 1.83. The Labute approximate surface area is 104 Å². The minimum atomic E-state index is 0.592. The maximum absolute atomic E-state index is 4.54. The summed E-state index contributed by atoms with van der Waals surface area (Å²) in [6, 6.07) is 0.592. The van der Waals surface area contributed by atoms with E-state index in [0.717, 1.165) is 29.4 Å². The molecule has 94 valence electrons. The van der Waals surface area contributed by atoms with Crippen LogP contribution in [0.5, 0.6) is 0 Å². The van der Waals surface area contributed by atoms with Gasteiger partial charge in [0.15, 0.2) is 0 Å². The summed E-state index contributed by atoms with van der Waals surface area (Å²) in [6.45, 7) is 4.44. The van der Waals surface area contributed by atoms with Crippen LogP contribution < -0.4 is 5.32 Å². The zero-order chi connectivity index (χ0) is 12.0. The topological polar surface area (TPSA) is 29.9 Å². The van der Waals surface area contributed by atoms with Crippen molar-refractivity contribution in [2.75, 3.05) is 12.4 Å². The van der Waals surface area contributed by atoms with E-state index in [0.29, 0.717) is 6.04 Å². The average Bonchev–Trinajstić information content (AvgIpc) is 3.01. The maximum Gasteiger partial charge on any atom is 0.203 e. The van der Waals surface area contributed by atoms with Gasteiger partial charge in [-0.1, -0.05) is 6.42 Å². The smallest absolute Gasteiger partial charge is 0.203 e. The summed E-state index contributed by atoms with van der Waals surface area (Å²) in [4.78, 5) is 4.54. The number of imidazole rings is 1. The molecule has 3 heteroatoms. The van der Waals surface area contributed by atoms with Crippen molar-refractivity contribution in [3.8, 4) is 0 Å². The largest absolute Gasteiger partial charge is 0.359 e. The molecule has 2 aliphatic rings. The Morgan fingerprint density at radius 3 is 2.82 bits per heavy atom. The lowest BCUT2D eigenvalue weighted by molar-refractivity contribution is 0.244. The van der Waals surface area contributed by atoms with Crippen LogP contribution in [-0.4, -0.2) is 16.6 Å². The summed E-state index contributed by atoms with van der Waals surface area (Å²) < 4.78 is 2.35. The van der Waals surface area contributed by atoms with Crippen LogP contribution in [-0.2, 0) is 0 Å². The molecule has 2 aliphatic carbocycles. The highest BCUT2D eigenvalue weighted by Crippen LogP contribution is 2.52. The van der Waals surface area contributed by atoms with Gasteiger partial charge in [-0.25, -0.2) is 4.98 Å². The van der Waals surface area contributed by atoms with Crippen molar-refractivity contribution >= 4 is 5.95 Å². The molecule has 1 N–H and O–H groups in total. The van der Waals surface area contributed by atoms with Crippen molar-refractivity contribution in [2.24, 2.45) is 17.8 Å². The fourth-order valence-corrected chi connectivity index (χ4v) is 4.10. The highest BCUT2D eigenvalue weighted by molar-refractivity contribution is 5.28. The molecule has 0 saturated heterocycles. The number of anilines is 1. The van der Waals surface area contributed by atoms with Crippen molar-refractivity contribution < 1.29 is 0 Å². The molecular formula is C14H23N3. The number of aryl methyl sites for hydroxylation is 1. The second-order valence-electron chi connectivity index (χ2n) is 5.94. The fraction of sp³-hybridized carbons (Fsp3) is 0.786. The van der Waals surface area contributed by atoms with E-state index in [1.807, 2.05) is 7.05 Å². The predicted octanol–water partition coefficient (Wildman–Crippen LogP) is 3.23. The molecule has 1 aromatic rings. The molecule has 2 saturated carbocycles. The molecule has 0 aliphatic heterocycles. The Morgan fingerprint density at radius 1 is 1.41 bits per heavy atom. The first-order chi connectivity index (χ1) is 8.19. The van der Waals surface area contributed by atoms with Gasteiger partial charge in [-0.2, -0.15) is 0 Å². The van der Waals surface area contributed by atoms with Crippen LogP contribution in [0, 0.1) is 24.7 Å². The second-order valence-corrected chi connectivity index (χ2v) is 5.94. The lowest BCUT2D eigenvalue weighted by Gasteiger charge is -2.29. The van der Waals surface area contributed by atoms with Gasteiger partial charge >= 0.3 is 0 Å². The Bertz CT molecular complexity index is 410. The molecule has 4 atom stereocenters. The second kappa shape index (κ2) is 4.04. The van der Waals surface area contributed by atoms with Crippen molar-refractivity contribution in [1.82, 2.24) is 9.55 Å². The Hall–Kier alpha value is -0.990. The molecule has 3 rings (SSSR count). The van der Waals surface area contributed by atoms with E-state index in [1.165, 1.54) is 25.7 Å². The van der Waals surface area contributed by atoms with Crippen LogP contribution in [0.3, 0.4) is 0 Å². The Kier molecular flexibility index (Phi) is 2.64. The van der Waals surface area contributed by atoms with Gasteiger partial charge in [0, 0.05) is 19.3 Å². The number of nitrogens with one attached hydrogen (secondary N) is 1. The van der Waals surface area contributed by atoms with E-state index in [4.69, 9.17) is 0 Å². The molecule has 0 aromatic carbocycles. The van der Waals surface area contributed by atoms with Crippen molar-refractivity contribution in [1.29, 1.82) is 0 Å². The van der Waals surface area contributed by atoms with Crippen LogP contribution in [0.2, 0.25) is 0 Å². The van der Waals surface area contributed by atoms with Crippen molar-refractivity contribution in [3.05, 3.63) is 11.9 Å². The summed E-state index contributed by atoms with van der Waals surface area (Å²) in [5, 5.41) is 3.22. The fourth-order valence-electron chi connectivity index (χ4n) is 4.10. The Morgan fingerprint density at radius 2 is 2.24 bits per heavy atom. The number of aromatic nitrogens is 2. The van der Waals surface area contributed by atoms with Crippen LogP contribution in [0.1, 0.15) is 44.3 Å². The van der Waals surface area contributed by atoms with Crippen molar-refractivity contribution in [2.45, 2.75) is 45.6 Å². The molecule has 0 spiro atoms. The molecule has 0 amide bonds. The summed E-state index contributed by atoms with van der Waals surface area (Å²) in [6.07, 6.45) is 8.06. The van der Waals surface area contributed by atoms with Gasteiger partial charge in [-0.3, -0.25) is 0 Å². The number of rotatable bonds is 3. The first-order valence-corrected chi connectivity index (χ1v) is 6.92. The molecule has 1 heterocycles. The van der Waals surface area contributed by atoms with E-state index < -0.39 is 0 Å². The normalized spacial score (nSPS) is 33.0. The van der Waals surface area contributed by atoms with Crippen molar-refractivity contribution in [3.63, 3.8) is 0 Å². The van der Waals surface area contributed by atoms with Gasteiger partial charge in [0.2, 0.25) is 5.95 Å². The van der Waals surface area contributed by atoms with Crippen LogP contribution >= 0.6 is 0 Å². The molecular weight excluding hydrogens is 210 g/mol. The van der Waals surface area contributed by atoms with Gasteiger partial charge in [0.1, 0.15) is 0 Å². The summed E-state index contributed by atoms with van der Waals surface area (Å²) >= 11 is 0. The van der Waals surface area contributed by atoms with E-state index in [2.05, 4.69) is 34.9 Å².